The molecule has 14 heavy (non-hydrogen) atoms. The molecule has 1 atom stereocenters. The Balaban J connectivity index is 1.95. The first-order chi connectivity index (χ1) is 6.83. The molecular formula is C11H24N2S. The average Bonchev–Trinajstić information content (AvgIpc) is 2.65. The van der Waals surface area contributed by atoms with Crippen molar-refractivity contribution in [1.82, 2.24) is 10.2 Å². The Morgan fingerprint density at radius 1 is 1.43 bits per heavy atom. The third-order valence-corrected chi connectivity index (χ3v) is 4.02. The Hall–Kier alpha value is 0.270. The van der Waals surface area contributed by atoms with Crippen LogP contribution in [0.15, 0.2) is 0 Å². The molecule has 1 rings (SSSR count). The summed E-state index contributed by atoms with van der Waals surface area (Å²) in [5.74, 6) is 1.38. The first kappa shape index (κ1) is 12.3. The first-order valence-corrected chi connectivity index (χ1v) is 6.88. The van der Waals surface area contributed by atoms with Crippen molar-refractivity contribution in [2.45, 2.75) is 31.4 Å². The molecule has 3 heteroatoms. The highest BCUT2D eigenvalue weighted by atomic mass is 32.2. The van der Waals surface area contributed by atoms with Gasteiger partial charge in [-0.3, -0.25) is 0 Å². The van der Waals surface area contributed by atoms with Crippen LogP contribution in [0.5, 0.6) is 0 Å². The summed E-state index contributed by atoms with van der Waals surface area (Å²) in [5.41, 5.74) is 0. The average molecular weight is 216 g/mol. The van der Waals surface area contributed by atoms with Crippen molar-refractivity contribution in [3.05, 3.63) is 0 Å². The van der Waals surface area contributed by atoms with Gasteiger partial charge in [0, 0.05) is 24.9 Å². The molecule has 0 aromatic rings. The van der Waals surface area contributed by atoms with Crippen LogP contribution in [0.3, 0.4) is 0 Å². The molecule has 84 valence electrons. The number of nitrogens with zero attached hydrogens (tertiary/aromatic N) is 1. The minimum atomic E-state index is 0.908. The molecular weight excluding hydrogens is 192 g/mol. The van der Waals surface area contributed by atoms with Gasteiger partial charge in [-0.05, 0) is 38.6 Å². The number of rotatable bonds is 7. The van der Waals surface area contributed by atoms with E-state index in [1.807, 2.05) is 0 Å². The molecule has 1 fully saturated rings. The zero-order chi connectivity index (χ0) is 10.2. The quantitative estimate of drug-likeness (QED) is 0.654. The summed E-state index contributed by atoms with van der Waals surface area (Å²) in [6.45, 7) is 6.98. The van der Waals surface area contributed by atoms with Gasteiger partial charge < -0.3 is 10.2 Å². The third-order valence-electron chi connectivity index (χ3n) is 2.64. The van der Waals surface area contributed by atoms with Crippen molar-refractivity contribution in [1.29, 1.82) is 0 Å². The van der Waals surface area contributed by atoms with Crippen molar-refractivity contribution in [2.24, 2.45) is 0 Å². The zero-order valence-corrected chi connectivity index (χ0v) is 10.4. The summed E-state index contributed by atoms with van der Waals surface area (Å²) < 4.78 is 0. The largest absolute Gasteiger partial charge is 0.315 e. The van der Waals surface area contributed by atoms with Crippen molar-refractivity contribution in [3.8, 4) is 0 Å². The molecule has 2 nitrogen and oxygen atoms in total. The number of thioether (sulfide) groups is 1. The second kappa shape index (κ2) is 7.55. The molecule has 1 aliphatic heterocycles. The molecule has 0 bridgehead atoms. The minimum Gasteiger partial charge on any atom is -0.315 e. The van der Waals surface area contributed by atoms with E-state index in [0.717, 1.165) is 18.3 Å². The van der Waals surface area contributed by atoms with E-state index < -0.39 is 0 Å². The summed E-state index contributed by atoms with van der Waals surface area (Å²) in [7, 11) is 2.24. The maximum absolute atomic E-state index is 3.44. The number of hydrogen-bond donors (Lipinski definition) is 1. The van der Waals surface area contributed by atoms with E-state index in [2.05, 4.69) is 35.9 Å². The highest BCUT2D eigenvalue weighted by Crippen LogP contribution is 2.26. The van der Waals surface area contributed by atoms with Gasteiger partial charge in [0.1, 0.15) is 0 Å². The van der Waals surface area contributed by atoms with Gasteiger partial charge >= 0.3 is 0 Å². The SMILES string of the molecule is CCCNCCN(C)CC1CCCS1. The molecule has 0 aromatic carbocycles. The Kier molecular flexibility index (Phi) is 6.65. The predicted octanol–water partition coefficient (Wildman–Crippen LogP) is 1.81. The van der Waals surface area contributed by atoms with Crippen LogP contribution in [-0.2, 0) is 0 Å². The predicted molar refractivity (Wildman–Crippen MR) is 66.1 cm³/mol. The van der Waals surface area contributed by atoms with Crippen LogP contribution in [0.4, 0.5) is 0 Å². The van der Waals surface area contributed by atoms with Gasteiger partial charge in [0.25, 0.3) is 0 Å². The second-order valence-corrected chi connectivity index (χ2v) is 5.56. The van der Waals surface area contributed by atoms with E-state index in [-0.39, 0.29) is 0 Å². The smallest absolute Gasteiger partial charge is 0.0175 e. The van der Waals surface area contributed by atoms with Crippen LogP contribution < -0.4 is 5.32 Å². The Labute approximate surface area is 92.8 Å². The standard InChI is InChI=1S/C11H24N2S/c1-3-6-12-7-8-13(2)10-11-5-4-9-14-11/h11-12H,3-10H2,1-2H3. The van der Waals surface area contributed by atoms with Crippen LogP contribution >= 0.6 is 11.8 Å². The lowest BCUT2D eigenvalue weighted by Crippen LogP contribution is -2.33. The van der Waals surface area contributed by atoms with Gasteiger partial charge in [-0.15, -0.1) is 0 Å². The molecule has 1 unspecified atom stereocenters. The molecule has 1 heterocycles. The highest BCUT2D eigenvalue weighted by Gasteiger charge is 2.16. The van der Waals surface area contributed by atoms with Gasteiger partial charge in [-0.1, -0.05) is 6.92 Å². The van der Waals surface area contributed by atoms with E-state index in [0.29, 0.717) is 0 Å². The Bertz CT molecular complexity index is 135. The number of nitrogens with one attached hydrogen (secondary N) is 1. The number of likely N-dealkylation sites (N-methyl/N-ethyl adjacent to an activating group) is 1. The molecule has 0 saturated carbocycles. The summed E-state index contributed by atoms with van der Waals surface area (Å²) in [4.78, 5) is 2.46. The van der Waals surface area contributed by atoms with Crippen LogP contribution in [0.1, 0.15) is 26.2 Å². The van der Waals surface area contributed by atoms with Crippen molar-refractivity contribution in [2.75, 3.05) is 39.0 Å². The van der Waals surface area contributed by atoms with Crippen LogP contribution in [0, 0.1) is 0 Å². The maximum Gasteiger partial charge on any atom is 0.0175 e. The fraction of sp³-hybridized carbons (Fsp3) is 1.00. The maximum atomic E-state index is 3.44. The fourth-order valence-electron chi connectivity index (χ4n) is 1.80. The minimum absolute atomic E-state index is 0.908. The summed E-state index contributed by atoms with van der Waals surface area (Å²) in [5, 5.41) is 4.35. The molecule has 1 aliphatic rings. The lowest BCUT2D eigenvalue weighted by atomic mass is 10.2. The Morgan fingerprint density at radius 3 is 2.93 bits per heavy atom. The lowest BCUT2D eigenvalue weighted by molar-refractivity contribution is 0.330. The molecule has 0 aliphatic carbocycles. The second-order valence-electron chi connectivity index (χ2n) is 4.15. The topological polar surface area (TPSA) is 15.3 Å². The Morgan fingerprint density at radius 2 is 2.29 bits per heavy atom. The van der Waals surface area contributed by atoms with Crippen molar-refractivity contribution >= 4 is 11.8 Å². The molecule has 0 amide bonds. The van der Waals surface area contributed by atoms with E-state index in [1.165, 1.54) is 38.1 Å². The third kappa shape index (κ3) is 5.23. The summed E-state index contributed by atoms with van der Waals surface area (Å²) in [6, 6.07) is 0. The molecule has 0 spiro atoms. The van der Waals surface area contributed by atoms with E-state index in [1.54, 1.807) is 0 Å². The van der Waals surface area contributed by atoms with Gasteiger partial charge in [0.15, 0.2) is 0 Å². The van der Waals surface area contributed by atoms with Crippen LogP contribution in [0.25, 0.3) is 0 Å². The first-order valence-electron chi connectivity index (χ1n) is 5.83. The summed E-state index contributed by atoms with van der Waals surface area (Å²) >= 11 is 2.15. The normalized spacial score (nSPS) is 22.1. The van der Waals surface area contributed by atoms with Gasteiger partial charge in [-0.25, -0.2) is 0 Å². The van der Waals surface area contributed by atoms with Gasteiger partial charge in [-0.2, -0.15) is 11.8 Å². The van der Waals surface area contributed by atoms with Crippen LogP contribution in [-0.4, -0.2) is 49.1 Å². The van der Waals surface area contributed by atoms with Crippen molar-refractivity contribution in [3.63, 3.8) is 0 Å². The van der Waals surface area contributed by atoms with Gasteiger partial charge in [0.05, 0.1) is 0 Å². The molecule has 0 aromatic heterocycles. The summed E-state index contributed by atoms with van der Waals surface area (Å²) in [6.07, 6.45) is 4.09. The molecule has 1 saturated heterocycles. The highest BCUT2D eigenvalue weighted by molar-refractivity contribution is 8.00. The lowest BCUT2D eigenvalue weighted by Gasteiger charge is -2.20. The van der Waals surface area contributed by atoms with E-state index in [4.69, 9.17) is 0 Å². The monoisotopic (exact) mass is 216 g/mol. The molecule has 0 radical (unpaired) electrons. The zero-order valence-electron chi connectivity index (χ0n) is 9.59. The fourth-order valence-corrected chi connectivity index (χ4v) is 3.16. The van der Waals surface area contributed by atoms with E-state index >= 15 is 0 Å². The van der Waals surface area contributed by atoms with Crippen LogP contribution in [0.2, 0.25) is 0 Å². The molecule has 1 N–H and O–H groups in total. The van der Waals surface area contributed by atoms with E-state index in [9.17, 15) is 0 Å². The van der Waals surface area contributed by atoms with Crippen molar-refractivity contribution < 1.29 is 0 Å². The van der Waals surface area contributed by atoms with Gasteiger partial charge in [0.2, 0.25) is 0 Å². The number of hydrogen-bond acceptors (Lipinski definition) is 3.